The minimum atomic E-state index is -3.83. The van der Waals surface area contributed by atoms with Crippen LogP contribution in [0.4, 0.5) is 0 Å². The third-order valence-electron chi connectivity index (χ3n) is 4.07. The Balaban J connectivity index is 2.39. The Kier molecular flexibility index (Phi) is 8.25. The number of ether oxygens (including phenoxy) is 1. The van der Waals surface area contributed by atoms with Crippen LogP contribution in [0.2, 0.25) is 10.0 Å². The quantitative estimate of drug-likeness (QED) is 0.570. The highest BCUT2D eigenvalue weighted by Crippen LogP contribution is 2.27. The summed E-state index contributed by atoms with van der Waals surface area (Å²) in [5.41, 5.74) is 0.463. The molecule has 2 aromatic carbocycles. The van der Waals surface area contributed by atoms with E-state index in [1.807, 2.05) is 0 Å². The average molecular weight is 473 g/mol. The van der Waals surface area contributed by atoms with E-state index in [1.165, 1.54) is 25.3 Å². The van der Waals surface area contributed by atoms with E-state index in [0.717, 1.165) is 0 Å². The van der Waals surface area contributed by atoms with Crippen LogP contribution < -0.4 is 10.0 Å². The molecule has 0 saturated heterocycles. The van der Waals surface area contributed by atoms with Crippen LogP contribution in [0, 0.1) is 0 Å². The van der Waals surface area contributed by atoms with E-state index in [2.05, 4.69) is 10.0 Å². The highest BCUT2D eigenvalue weighted by atomic mass is 35.5. The van der Waals surface area contributed by atoms with Crippen LogP contribution in [0.3, 0.4) is 0 Å². The number of hydrogen-bond donors (Lipinski definition) is 2. The molecule has 1 unspecified atom stereocenters. The highest BCUT2D eigenvalue weighted by Gasteiger charge is 2.24. The predicted molar refractivity (Wildman–Crippen MR) is 115 cm³/mol. The van der Waals surface area contributed by atoms with Crippen LogP contribution in [0.15, 0.2) is 47.4 Å². The molecule has 0 fully saturated rings. The molecule has 0 radical (unpaired) electrons. The molecule has 1 atom stereocenters. The summed E-state index contributed by atoms with van der Waals surface area (Å²) in [6.45, 7) is 3.37. The zero-order chi connectivity index (χ0) is 22.5. The second kappa shape index (κ2) is 10.3. The second-order valence-corrected chi connectivity index (χ2v) is 9.27. The number of amides is 1. The van der Waals surface area contributed by atoms with E-state index in [4.69, 9.17) is 27.9 Å². The molecular weight excluding hydrogens is 451 g/mol. The van der Waals surface area contributed by atoms with Gasteiger partial charge in [0.1, 0.15) is 0 Å². The molecule has 0 heterocycles. The van der Waals surface area contributed by atoms with Crippen LogP contribution in [-0.4, -0.2) is 33.4 Å². The molecule has 0 spiro atoms. The molecule has 0 bridgehead atoms. The summed E-state index contributed by atoms with van der Waals surface area (Å²) < 4.78 is 32.0. The van der Waals surface area contributed by atoms with E-state index < -0.39 is 27.9 Å². The topological polar surface area (TPSA) is 102 Å². The van der Waals surface area contributed by atoms with Gasteiger partial charge >= 0.3 is 5.97 Å². The molecule has 2 aromatic rings. The van der Waals surface area contributed by atoms with Gasteiger partial charge in [0.25, 0.3) is 5.91 Å². The second-order valence-electron chi connectivity index (χ2n) is 6.75. The number of carbonyl (C=O) groups is 2. The van der Waals surface area contributed by atoms with Crippen molar-refractivity contribution in [3.8, 4) is 0 Å². The van der Waals surface area contributed by atoms with E-state index in [1.54, 1.807) is 38.1 Å². The predicted octanol–water partition coefficient (Wildman–Crippen LogP) is 3.71. The molecule has 0 aliphatic rings. The number of benzene rings is 2. The van der Waals surface area contributed by atoms with E-state index >= 15 is 0 Å². The molecule has 30 heavy (non-hydrogen) atoms. The highest BCUT2D eigenvalue weighted by molar-refractivity contribution is 7.89. The Hall–Kier alpha value is -2.13. The number of nitrogens with one attached hydrogen (secondary N) is 2. The van der Waals surface area contributed by atoms with Crippen molar-refractivity contribution in [3.05, 3.63) is 63.6 Å². The SMILES string of the molecule is COC(=O)CC(NC(=O)c1cc(S(=O)(=O)NC(C)C)ccc1Cl)c1ccccc1Cl. The van der Waals surface area contributed by atoms with Gasteiger partial charge in [-0.15, -0.1) is 0 Å². The molecule has 0 aliphatic heterocycles. The van der Waals surface area contributed by atoms with Crippen LogP contribution in [0.1, 0.15) is 42.2 Å². The van der Waals surface area contributed by atoms with Crippen molar-refractivity contribution in [2.75, 3.05) is 7.11 Å². The standard InChI is InChI=1S/C20H22Cl2N2O5S/c1-12(2)24-30(27,28)13-8-9-17(22)15(10-13)20(26)23-18(11-19(25)29-3)14-6-4-5-7-16(14)21/h4-10,12,18,24H,11H2,1-3H3,(H,23,26). The lowest BCUT2D eigenvalue weighted by atomic mass is 10.0. The number of rotatable bonds is 8. The molecule has 0 aliphatic carbocycles. The minimum absolute atomic E-state index is 0.0507. The van der Waals surface area contributed by atoms with Gasteiger partial charge in [0.05, 0.1) is 35.1 Å². The van der Waals surface area contributed by atoms with Crippen molar-refractivity contribution in [1.82, 2.24) is 10.0 Å². The van der Waals surface area contributed by atoms with Gasteiger partial charge < -0.3 is 10.1 Å². The normalized spacial score (nSPS) is 12.5. The van der Waals surface area contributed by atoms with Crippen molar-refractivity contribution in [2.45, 2.75) is 37.2 Å². The maximum absolute atomic E-state index is 12.9. The lowest BCUT2D eigenvalue weighted by Crippen LogP contribution is -2.32. The van der Waals surface area contributed by atoms with Crippen LogP contribution in [-0.2, 0) is 19.6 Å². The fourth-order valence-corrected chi connectivity index (χ4v) is 4.45. The van der Waals surface area contributed by atoms with E-state index in [0.29, 0.717) is 10.6 Å². The smallest absolute Gasteiger partial charge is 0.307 e. The van der Waals surface area contributed by atoms with Gasteiger partial charge in [-0.25, -0.2) is 13.1 Å². The zero-order valence-electron chi connectivity index (χ0n) is 16.6. The monoisotopic (exact) mass is 472 g/mol. The van der Waals surface area contributed by atoms with Crippen molar-refractivity contribution in [2.24, 2.45) is 0 Å². The Morgan fingerprint density at radius 1 is 1.07 bits per heavy atom. The Morgan fingerprint density at radius 3 is 2.33 bits per heavy atom. The first-order chi connectivity index (χ1) is 14.0. The Bertz CT molecular complexity index is 1040. The minimum Gasteiger partial charge on any atom is -0.469 e. The Labute approximate surface area is 185 Å². The maximum atomic E-state index is 12.9. The summed E-state index contributed by atoms with van der Waals surface area (Å²) in [5, 5.41) is 3.11. The first-order valence-corrected chi connectivity index (χ1v) is 11.2. The van der Waals surface area contributed by atoms with Crippen molar-refractivity contribution in [3.63, 3.8) is 0 Å². The molecule has 10 heteroatoms. The molecular formula is C20H22Cl2N2O5S. The number of esters is 1. The molecule has 0 saturated carbocycles. The van der Waals surface area contributed by atoms with Crippen LogP contribution >= 0.6 is 23.2 Å². The Morgan fingerprint density at radius 2 is 1.73 bits per heavy atom. The van der Waals surface area contributed by atoms with E-state index in [-0.39, 0.29) is 27.9 Å². The van der Waals surface area contributed by atoms with Gasteiger partial charge in [0.2, 0.25) is 10.0 Å². The van der Waals surface area contributed by atoms with Crippen molar-refractivity contribution >= 4 is 45.1 Å². The summed E-state index contributed by atoms with van der Waals surface area (Å²) >= 11 is 12.4. The third-order valence-corrected chi connectivity index (χ3v) is 6.40. The lowest BCUT2D eigenvalue weighted by Gasteiger charge is -2.20. The summed E-state index contributed by atoms with van der Waals surface area (Å²) in [7, 11) is -2.59. The molecule has 2 N–H and O–H groups in total. The largest absolute Gasteiger partial charge is 0.469 e. The number of hydrogen-bond acceptors (Lipinski definition) is 5. The van der Waals surface area contributed by atoms with Gasteiger partial charge in [-0.05, 0) is 43.7 Å². The summed E-state index contributed by atoms with van der Waals surface area (Å²) in [6.07, 6.45) is -0.170. The summed E-state index contributed by atoms with van der Waals surface area (Å²) in [4.78, 5) is 24.7. The number of carbonyl (C=O) groups excluding carboxylic acids is 2. The van der Waals surface area contributed by atoms with Crippen molar-refractivity contribution < 1.29 is 22.7 Å². The molecule has 1 amide bonds. The van der Waals surface area contributed by atoms with Crippen LogP contribution in [0.25, 0.3) is 0 Å². The van der Waals surface area contributed by atoms with Gasteiger partial charge in [0.15, 0.2) is 0 Å². The first kappa shape index (κ1) is 24.1. The molecule has 2 rings (SSSR count). The van der Waals surface area contributed by atoms with Gasteiger partial charge in [-0.1, -0.05) is 41.4 Å². The summed E-state index contributed by atoms with van der Waals surface area (Å²) in [5.74, 6) is -1.21. The third kappa shape index (κ3) is 6.18. The molecule has 162 valence electrons. The van der Waals surface area contributed by atoms with Gasteiger partial charge in [-0.3, -0.25) is 9.59 Å². The van der Waals surface area contributed by atoms with Gasteiger partial charge in [0, 0.05) is 11.1 Å². The lowest BCUT2D eigenvalue weighted by molar-refractivity contribution is -0.141. The number of methoxy groups -OCH3 is 1. The zero-order valence-corrected chi connectivity index (χ0v) is 18.9. The van der Waals surface area contributed by atoms with E-state index in [9.17, 15) is 18.0 Å². The van der Waals surface area contributed by atoms with Crippen molar-refractivity contribution in [1.29, 1.82) is 0 Å². The summed E-state index contributed by atoms with van der Waals surface area (Å²) in [6, 6.07) is 9.43. The first-order valence-electron chi connectivity index (χ1n) is 8.99. The van der Waals surface area contributed by atoms with Gasteiger partial charge in [-0.2, -0.15) is 0 Å². The number of halogens is 2. The maximum Gasteiger partial charge on any atom is 0.307 e. The number of sulfonamides is 1. The fourth-order valence-electron chi connectivity index (χ4n) is 2.71. The fraction of sp³-hybridized carbons (Fsp3) is 0.300. The average Bonchev–Trinajstić information content (AvgIpc) is 2.66. The molecule has 0 aromatic heterocycles. The molecule has 7 nitrogen and oxygen atoms in total. The van der Waals surface area contributed by atoms with Crippen LogP contribution in [0.5, 0.6) is 0 Å².